The van der Waals surface area contributed by atoms with E-state index >= 15 is 0 Å². The lowest BCUT2D eigenvalue weighted by Crippen LogP contribution is -2.36. The highest BCUT2D eigenvalue weighted by Crippen LogP contribution is 2.24. The zero-order valence-electron chi connectivity index (χ0n) is 13.9. The number of hydrogen-bond donors (Lipinski definition) is 1. The summed E-state index contributed by atoms with van der Waals surface area (Å²) in [5, 5.41) is 3.51. The highest BCUT2D eigenvalue weighted by atomic mass is 35.5. The van der Waals surface area contributed by atoms with E-state index in [1.54, 1.807) is 6.92 Å². The van der Waals surface area contributed by atoms with Crippen LogP contribution in [0.5, 0.6) is 5.75 Å². The Labute approximate surface area is 142 Å². The highest BCUT2D eigenvalue weighted by molar-refractivity contribution is 6.31. The van der Waals surface area contributed by atoms with Gasteiger partial charge in [-0.15, -0.1) is 0 Å². The second kappa shape index (κ2) is 7.51. The van der Waals surface area contributed by atoms with Crippen molar-refractivity contribution in [2.75, 3.05) is 0 Å². The number of hydrogen-bond acceptors (Lipinski definition) is 2. The van der Waals surface area contributed by atoms with Crippen LogP contribution in [-0.4, -0.2) is 12.0 Å². The van der Waals surface area contributed by atoms with E-state index in [0.717, 1.165) is 28.0 Å². The molecule has 3 nitrogen and oxygen atoms in total. The van der Waals surface area contributed by atoms with Crippen LogP contribution in [0.15, 0.2) is 36.4 Å². The zero-order chi connectivity index (χ0) is 17.0. The minimum Gasteiger partial charge on any atom is -0.481 e. The normalized spacial score (nSPS) is 11.9. The quantitative estimate of drug-likeness (QED) is 0.884. The minimum atomic E-state index is -0.572. The largest absolute Gasteiger partial charge is 0.481 e. The number of rotatable bonds is 5. The van der Waals surface area contributed by atoms with Gasteiger partial charge in [-0.1, -0.05) is 35.9 Å². The van der Waals surface area contributed by atoms with E-state index < -0.39 is 6.10 Å². The fourth-order valence-electron chi connectivity index (χ4n) is 2.33. The molecule has 0 aliphatic carbocycles. The molecule has 122 valence electrons. The van der Waals surface area contributed by atoms with Crippen LogP contribution in [0.4, 0.5) is 0 Å². The van der Waals surface area contributed by atoms with Crippen molar-refractivity contribution < 1.29 is 9.53 Å². The van der Waals surface area contributed by atoms with Crippen LogP contribution in [-0.2, 0) is 11.3 Å². The van der Waals surface area contributed by atoms with E-state index in [-0.39, 0.29) is 5.91 Å². The molecule has 2 rings (SSSR count). The van der Waals surface area contributed by atoms with Gasteiger partial charge < -0.3 is 10.1 Å². The molecule has 23 heavy (non-hydrogen) atoms. The minimum absolute atomic E-state index is 0.163. The van der Waals surface area contributed by atoms with Crippen LogP contribution in [0.1, 0.15) is 29.2 Å². The van der Waals surface area contributed by atoms with Crippen molar-refractivity contribution in [2.24, 2.45) is 0 Å². The number of carbonyl (C=O) groups excluding carboxylic acids is 1. The van der Waals surface area contributed by atoms with Gasteiger partial charge in [0.2, 0.25) is 0 Å². The molecule has 0 fully saturated rings. The fraction of sp³-hybridized carbons (Fsp3) is 0.316. The molecule has 1 N–H and O–H groups in total. The third-order valence-electron chi connectivity index (χ3n) is 3.85. The third kappa shape index (κ3) is 4.49. The van der Waals surface area contributed by atoms with Gasteiger partial charge >= 0.3 is 0 Å². The summed E-state index contributed by atoms with van der Waals surface area (Å²) in [6.07, 6.45) is -0.572. The Morgan fingerprint density at radius 1 is 1.22 bits per heavy atom. The lowest BCUT2D eigenvalue weighted by atomic mass is 10.1. The molecule has 0 aliphatic rings. The van der Waals surface area contributed by atoms with Gasteiger partial charge in [0.1, 0.15) is 5.75 Å². The maximum atomic E-state index is 12.2. The Morgan fingerprint density at radius 3 is 2.61 bits per heavy atom. The van der Waals surface area contributed by atoms with Crippen LogP contribution >= 0.6 is 11.6 Å². The van der Waals surface area contributed by atoms with Gasteiger partial charge in [-0.05, 0) is 62.1 Å². The summed E-state index contributed by atoms with van der Waals surface area (Å²) in [5.41, 5.74) is 4.22. The number of ether oxygens (including phenoxy) is 1. The van der Waals surface area contributed by atoms with Crippen molar-refractivity contribution in [1.29, 1.82) is 0 Å². The first kappa shape index (κ1) is 17.4. The Morgan fingerprint density at radius 2 is 1.91 bits per heavy atom. The molecule has 2 aromatic rings. The predicted molar refractivity (Wildman–Crippen MR) is 94.0 cm³/mol. The van der Waals surface area contributed by atoms with E-state index in [9.17, 15) is 4.79 Å². The summed E-state index contributed by atoms with van der Waals surface area (Å²) in [5.74, 6) is 0.589. The first-order valence-corrected chi connectivity index (χ1v) is 8.02. The molecule has 1 amide bonds. The summed E-state index contributed by atoms with van der Waals surface area (Å²) in [4.78, 5) is 12.2. The van der Waals surface area contributed by atoms with Crippen LogP contribution < -0.4 is 10.1 Å². The third-order valence-corrected chi connectivity index (χ3v) is 4.22. The van der Waals surface area contributed by atoms with Gasteiger partial charge in [0, 0.05) is 11.6 Å². The molecule has 0 heterocycles. The average Bonchev–Trinajstić information content (AvgIpc) is 2.51. The van der Waals surface area contributed by atoms with Crippen LogP contribution in [0.25, 0.3) is 0 Å². The van der Waals surface area contributed by atoms with Crippen molar-refractivity contribution in [3.63, 3.8) is 0 Å². The summed E-state index contributed by atoms with van der Waals surface area (Å²) in [6.45, 7) is 8.19. The van der Waals surface area contributed by atoms with Crippen LogP contribution in [0.2, 0.25) is 5.02 Å². The summed E-state index contributed by atoms with van der Waals surface area (Å²) >= 11 is 6.09. The number of benzene rings is 2. The first-order chi connectivity index (χ1) is 10.9. The Balaban J connectivity index is 1.99. The summed E-state index contributed by atoms with van der Waals surface area (Å²) in [7, 11) is 0. The summed E-state index contributed by atoms with van der Waals surface area (Å²) < 4.78 is 5.84. The second-order valence-corrected chi connectivity index (χ2v) is 6.18. The van der Waals surface area contributed by atoms with E-state index in [1.165, 1.54) is 0 Å². The number of nitrogens with one attached hydrogen (secondary N) is 1. The number of aryl methyl sites for hydroxylation is 2. The van der Waals surface area contributed by atoms with Crippen molar-refractivity contribution in [3.05, 3.63) is 63.7 Å². The smallest absolute Gasteiger partial charge is 0.261 e. The summed E-state index contributed by atoms with van der Waals surface area (Å²) in [6, 6.07) is 11.5. The Hall–Kier alpha value is -2.00. The van der Waals surface area contributed by atoms with E-state index in [1.807, 2.05) is 51.1 Å². The lowest BCUT2D eigenvalue weighted by molar-refractivity contribution is -0.127. The fourth-order valence-corrected chi connectivity index (χ4v) is 2.54. The van der Waals surface area contributed by atoms with Gasteiger partial charge in [0.25, 0.3) is 5.91 Å². The standard InChI is InChI=1S/C19H22ClNO2/c1-12-9-13(2)14(3)18(10-12)23-15(4)19(22)21-11-16-7-5-6-8-17(16)20/h5-10,15H,11H2,1-4H3,(H,21,22)/t15-/m1/s1. The molecule has 0 aliphatic heterocycles. The molecular weight excluding hydrogens is 310 g/mol. The lowest BCUT2D eigenvalue weighted by Gasteiger charge is -2.18. The molecule has 0 unspecified atom stereocenters. The Kier molecular flexibility index (Phi) is 5.67. The van der Waals surface area contributed by atoms with Crippen LogP contribution in [0.3, 0.4) is 0 Å². The van der Waals surface area contributed by atoms with Gasteiger partial charge in [0.15, 0.2) is 6.10 Å². The molecule has 4 heteroatoms. The van der Waals surface area contributed by atoms with Crippen molar-refractivity contribution in [1.82, 2.24) is 5.32 Å². The zero-order valence-corrected chi connectivity index (χ0v) is 14.7. The van der Waals surface area contributed by atoms with Crippen molar-refractivity contribution >= 4 is 17.5 Å². The maximum Gasteiger partial charge on any atom is 0.261 e. The van der Waals surface area contributed by atoms with Gasteiger partial charge in [-0.25, -0.2) is 0 Å². The molecule has 2 aromatic carbocycles. The SMILES string of the molecule is Cc1cc(C)c(C)c(O[C@H](C)C(=O)NCc2ccccc2Cl)c1. The molecule has 0 aromatic heterocycles. The number of carbonyl (C=O) groups is 1. The van der Waals surface area contributed by atoms with E-state index in [4.69, 9.17) is 16.3 Å². The highest BCUT2D eigenvalue weighted by Gasteiger charge is 2.16. The van der Waals surface area contributed by atoms with Crippen LogP contribution in [0, 0.1) is 20.8 Å². The van der Waals surface area contributed by atoms with E-state index in [0.29, 0.717) is 11.6 Å². The molecule has 0 radical (unpaired) electrons. The topological polar surface area (TPSA) is 38.3 Å². The van der Waals surface area contributed by atoms with Gasteiger partial charge in [-0.3, -0.25) is 4.79 Å². The molecule has 1 atom stereocenters. The number of amides is 1. The molecule has 0 bridgehead atoms. The molecule has 0 spiro atoms. The molecule has 0 saturated carbocycles. The molecular formula is C19H22ClNO2. The number of halogens is 1. The van der Waals surface area contributed by atoms with Gasteiger partial charge in [-0.2, -0.15) is 0 Å². The monoisotopic (exact) mass is 331 g/mol. The van der Waals surface area contributed by atoms with Gasteiger partial charge in [0.05, 0.1) is 0 Å². The average molecular weight is 332 g/mol. The maximum absolute atomic E-state index is 12.2. The van der Waals surface area contributed by atoms with E-state index in [2.05, 4.69) is 11.4 Å². The molecule has 0 saturated heterocycles. The van der Waals surface area contributed by atoms with Crippen molar-refractivity contribution in [2.45, 2.75) is 40.3 Å². The first-order valence-electron chi connectivity index (χ1n) is 7.64. The second-order valence-electron chi connectivity index (χ2n) is 5.77. The van der Waals surface area contributed by atoms with Crippen molar-refractivity contribution in [3.8, 4) is 5.75 Å². The predicted octanol–water partition coefficient (Wildman–Crippen LogP) is 4.35. The Bertz CT molecular complexity index is 713.